The molecule has 0 saturated heterocycles. The van der Waals surface area contributed by atoms with Crippen LogP contribution in [0.3, 0.4) is 0 Å². The summed E-state index contributed by atoms with van der Waals surface area (Å²) in [6.07, 6.45) is 6.58. The van der Waals surface area contributed by atoms with Crippen LogP contribution < -0.4 is 5.73 Å². The van der Waals surface area contributed by atoms with Crippen LogP contribution in [0.5, 0.6) is 0 Å². The number of aryl methyl sites for hydroxylation is 1. The summed E-state index contributed by atoms with van der Waals surface area (Å²) in [6, 6.07) is 7.94. The Balaban J connectivity index is 1.97. The number of halogens is 1. The van der Waals surface area contributed by atoms with Gasteiger partial charge in [0.25, 0.3) is 0 Å². The molecule has 1 heterocycles. The van der Waals surface area contributed by atoms with E-state index in [1.165, 1.54) is 5.56 Å². The predicted octanol–water partition coefficient (Wildman–Crippen LogP) is 3.06. The smallest absolute Gasteiger partial charge is 0.110 e. The van der Waals surface area contributed by atoms with E-state index < -0.39 is 0 Å². The standard InChI is InChI=1S/C15H20ClN3/c1-2-7-19-8-6-18-15(19)11-14(17)10-12-4-3-5-13(16)9-12/h3-6,8-9,14H,2,7,10-11,17H2,1H3. The number of nitrogens with zero attached hydrogens (tertiary/aromatic N) is 2. The Kier molecular flexibility index (Phi) is 5.00. The summed E-state index contributed by atoms with van der Waals surface area (Å²) in [7, 11) is 0. The molecule has 1 atom stereocenters. The van der Waals surface area contributed by atoms with Crippen molar-refractivity contribution in [3.63, 3.8) is 0 Å². The third-order valence-corrected chi connectivity index (χ3v) is 3.33. The van der Waals surface area contributed by atoms with Crippen LogP contribution in [-0.2, 0) is 19.4 Å². The molecule has 4 heteroatoms. The highest BCUT2D eigenvalue weighted by molar-refractivity contribution is 6.30. The van der Waals surface area contributed by atoms with Gasteiger partial charge < -0.3 is 10.3 Å². The normalized spacial score (nSPS) is 12.6. The lowest BCUT2D eigenvalue weighted by atomic mass is 10.0. The van der Waals surface area contributed by atoms with Gasteiger partial charge in [-0.3, -0.25) is 0 Å². The molecule has 2 N–H and O–H groups in total. The minimum Gasteiger partial charge on any atom is -0.335 e. The average molecular weight is 278 g/mol. The Bertz CT molecular complexity index is 522. The molecular formula is C15H20ClN3. The zero-order valence-electron chi connectivity index (χ0n) is 11.2. The van der Waals surface area contributed by atoms with Crippen LogP contribution in [0.25, 0.3) is 0 Å². The van der Waals surface area contributed by atoms with Gasteiger partial charge >= 0.3 is 0 Å². The molecule has 0 saturated carbocycles. The summed E-state index contributed by atoms with van der Waals surface area (Å²) in [6.45, 7) is 3.16. The molecule has 2 rings (SSSR count). The van der Waals surface area contributed by atoms with Crippen LogP contribution in [0.2, 0.25) is 5.02 Å². The molecule has 0 spiro atoms. The monoisotopic (exact) mass is 277 g/mol. The minimum atomic E-state index is 0.0662. The van der Waals surface area contributed by atoms with Crippen molar-refractivity contribution in [1.29, 1.82) is 0 Å². The van der Waals surface area contributed by atoms with E-state index in [9.17, 15) is 0 Å². The molecule has 2 aromatic rings. The van der Waals surface area contributed by atoms with Crippen LogP contribution in [0.4, 0.5) is 0 Å². The first-order valence-electron chi connectivity index (χ1n) is 6.69. The second-order valence-electron chi connectivity index (χ2n) is 4.84. The van der Waals surface area contributed by atoms with Gasteiger partial charge in [-0.2, -0.15) is 0 Å². The molecule has 0 aliphatic rings. The Labute approximate surface area is 119 Å². The Morgan fingerprint density at radius 2 is 2.21 bits per heavy atom. The quantitative estimate of drug-likeness (QED) is 0.882. The van der Waals surface area contributed by atoms with E-state index in [2.05, 4.69) is 22.5 Å². The number of imidazole rings is 1. The van der Waals surface area contributed by atoms with Gasteiger partial charge in [-0.05, 0) is 30.5 Å². The number of hydrogen-bond acceptors (Lipinski definition) is 2. The van der Waals surface area contributed by atoms with Crippen molar-refractivity contribution in [3.8, 4) is 0 Å². The zero-order chi connectivity index (χ0) is 13.7. The Morgan fingerprint density at radius 1 is 1.37 bits per heavy atom. The third-order valence-electron chi connectivity index (χ3n) is 3.10. The van der Waals surface area contributed by atoms with Gasteiger partial charge in [0.1, 0.15) is 5.82 Å². The lowest BCUT2D eigenvalue weighted by molar-refractivity contribution is 0.582. The number of aromatic nitrogens is 2. The fraction of sp³-hybridized carbons (Fsp3) is 0.400. The fourth-order valence-corrected chi connectivity index (χ4v) is 2.46. The summed E-state index contributed by atoms with van der Waals surface area (Å²) >= 11 is 5.98. The molecule has 0 aliphatic heterocycles. The highest BCUT2D eigenvalue weighted by atomic mass is 35.5. The molecule has 0 amide bonds. The maximum atomic E-state index is 6.22. The third kappa shape index (κ3) is 4.08. The molecular weight excluding hydrogens is 258 g/mol. The van der Waals surface area contributed by atoms with Gasteiger partial charge in [-0.1, -0.05) is 30.7 Å². The zero-order valence-corrected chi connectivity index (χ0v) is 12.0. The molecule has 0 fully saturated rings. The maximum Gasteiger partial charge on any atom is 0.110 e. The summed E-state index contributed by atoms with van der Waals surface area (Å²) in [5.74, 6) is 1.07. The second kappa shape index (κ2) is 6.73. The predicted molar refractivity (Wildman–Crippen MR) is 79.4 cm³/mol. The minimum absolute atomic E-state index is 0.0662. The van der Waals surface area contributed by atoms with E-state index in [1.807, 2.05) is 30.6 Å². The largest absolute Gasteiger partial charge is 0.335 e. The summed E-state index contributed by atoms with van der Waals surface area (Å²) in [5.41, 5.74) is 7.39. The van der Waals surface area contributed by atoms with Crippen LogP contribution in [0.15, 0.2) is 36.7 Å². The van der Waals surface area contributed by atoms with Crippen molar-refractivity contribution >= 4 is 11.6 Å². The Hall–Kier alpha value is -1.32. The molecule has 1 aromatic heterocycles. The van der Waals surface area contributed by atoms with Crippen molar-refractivity contribution in [1.82, 2.24) is 9.55 Å². The lowest BCUT2D eigenvalue weighted by Gasteiger charge is -2.13. The van der Waals surface area contributed by atoms with Gasteiger partial charge in [0.2, 0.25) is 0 Å². The van der Waals surface area contributed by atoms with Crippen LogP contribution in [0.1, 0.15) is 24.7 Å². The molecule has 19 heavy (non-hydrogen) atoms. The number of nitrogens with two attached hydrogens (primary N) is 1. The molecule has 0 radical (unpaired) electrons. The van der Waals surface area contributed by atoms with Crippen molar-refractivity contribution < 1.29 is 0 Å². The molecule has 1 aromatic carbocycles. The first-order chi connectivity index (χ1) is 9.19. The van der Waals surface area contributed by atoms with Crippen molar-refractivity contribution in [2.24, 2.45) is 5.73 Å². The van der Waals surface area contributed by atoms with Crippen LogP contribution in [-0.4, -0.2) is 15.6 Å². The van der Waals surface area contributed by atoms with E-state index >= 15 is 0 Å². The second-order valence-corrected chi connectivity index (χ2v) is 5.27. The highest BCUT2D eigenvalue weighted by Gasteiger charge is 2.10. The number of hydrogen-bond donors (Lipinski definition) is 1. The fourth-order valence-electron chi connectivity index (χ4n) is 2.25. The number of benzene rings is 1. The summed E-state index contributed by atoms with van der Waals surface area (Å²) in [4.78, 5) is 4.39. The molecule has 3 nitrogen and oxygen atoms in total. The first kappa shape index (κ1) is 14.1. The van der Waals surface area contributed by atoms with Crippen LogP contribution >= 0.6 is 11.6 Å². The lowest BCUT2D eigenvalue weighted by Crippen LogP contribution is -2.27. The molecule has 0 aliphatic carbocycles. The maximum absolute atomic E-state index is 6.22. The topological polar surface area (TPSA) is 43.8 Å². The average Bonchev–Trinajstić information content (AvgIpc) is 2.77. The summed E-state index contributed by atoms with van der Waals surface area (Å²) < 4.78 is 2.18. The van der Waals surface area contributed by atoms with E-state index in [0.29, 0.717) is 0 Å². The van der Waals surface area contributed by atoms with E-state index in [1.54, 1.807) is 0 Å². The molecule has 102 valence electrons. The SMILES string of the molecule is CCCn1ccnc1CC(N)Cc1cccc(Cl)c1. The molecule has 1 unspecified atom stereocenters. The van der Waals surface area contributed by atoms with Crippen molar-refractivity contribution in [2.45, 2.75) is 38.8 Å². The van der Waals surface area contributed by atoms with E-state index in [4.69, 9.17) is 17.3 Å². The van der Waals surface area contributed by atoms with Crippen molar-refractivity contribution in [2.75, 3.05) is 0 Å². The molecule has 0 bridgehead atoms. The van der Waals surface area contributed by atoms with E-state index in [0.717, 1.165) is 36.7 Å². The first-order valence-corrected chi connectivity index (χ1v) is 7.07. The van der Waals surface area contributed by atoms with Gasteiger partial charge in [-0.15, -0.1) is 0 Å². The van der Waals surface area contributed by atoms with Crippen molar-refractivity contribution in [3.05, 3.63) is 53.1 Å². The van der Waals surface area contributed by atoms with E-state index in [-0.39, 0.29) is 6.04 Å². The summed E-state index contributed by atoms with van der Waals surface area (Å²) in [5, 5.41) is 0.761. The highest BCUT2D eigenvalue weighted by Crippen LogP contribution is 2.13. The van der Waals surface area contributed by atoms with Crippen LogP contribution in [0, 0.1) is 0 Å². The van der Waals surface area contributed by atoms with Gasteiger partial charge in [0.05, 0.1) is 0 Å². The number of rotatable bonds is 6. The van der Waals surface area contributed by atoms with Gasteiger partial charge in [0.15, 0.2) is 0 Å². The van der Waals surface area contributed by atoms with Gasteiger partial charge in [0, 0.05) is 36.4 Å². The van der Waals surface area contributed by atoms with Gasteiger partial charge in [-0.25, -0.2) is 4.98 Å². The Morgan fingerprint density at radius 3 is 2.95 bits per heavy atom.